The first kappa shape index (κ1) is 23.2. The third-order valence-corrected chi connectivity index (χ3v) is 4.25. The first-order valence-electron chi connectivity index (χ1n) is 9.45. The van der Waals surface area contributed by atoms with E-state index in [1.807, 2.05) is 6.07 Å². The lowest BCUT2D eigenvalue weighted by Gasteiger charge is -2.33. The molecular weight excluding hydrogens is 439 g/mol. The SMILES string of the molecule is CCNC(=NCC1CN(CC(C)C)CCO1)N(C)Cc1ccccc1.I. The quantitative estimate of drug-likeness (QED) is 0.375. The number of nitrogens with one attached hydrogen (secondary N) is 1. The fourth-order valence-electron chi connectivity index (χ4n) is 3.16. The number of guanidine groups is 1. The van der Waals surface area contributed by atoms with Crippen molar-refractivity contribution < 1.29 is 4.74 Å². The molecule has 0 saturated carbocycles. The molecule has 1 aliphatic rings. The summed E-state index contributed by atoms with van der Waals surface area (Å²) in [6.07, 6.45) is 0.186. The van der Waals surface area contributed by atoms with Crippen LogP contribution in [0.5, 0.6) is 0 Å². The zero-order chi connectivity index (χ0) is 18.1. The molecular formula is C20H35IN4O. The molecule has 1 heterocycles. The van der Waals surface area contributed by atoms with E-state index in [0.717, 1.165) is 45.3 Å². The smallest absolute Gasteiger partial charge is 0.194 e. The Hall–Kier alpha value is -0.860. The molecule has 1 saturated heterocycles. The van der Waals surface area contributed by atoms with Crippen molar-refractivity contribution in [3.63, 3.8) is 0 Å². The second kappa shape index (κ2) is 12.5. The molecule has 1 fully saturated rings. The summed E-state index contributed by atoms with van der Waals surface area (Å²) < 4.78 is 5.92. The predicted molar refractivity (Wildman–Crippen MR) is 120 cm³/mol. The maximum absolute atomic E-state index is 5.92. The van der Waals surface area contributed by atoms with Gasteiger partial charge in [-0.3, -0.25) is 9.89 Å². The first-order valence-corrected chi connectivity index (χ1v) is 9.45. The number of hydrogen-bond acceptors (Lipinski definition) is 3. The van der Waals surface area contributed by atoms with Gasteiger partial charge in [-0.15, -0.1) is 24.0 Å². The Morgan fingerprint density at radius 2 is 2.08 bits per heavy atom. The van der Waals surface area contributed by atoms with Gasteiger partial charge >= 0.3 is 0 Å². The van der Waals surface area contributed by atoms with Crippen LogP contribution < -0.4 is 5.32 Å². The van der Waals surface area contributed by atoms with Gasteiger partial charge in [-0.2, -0.15) is 0 Å². The molecule has 1 atom stereocenters. The number of ether oxygens (including phenoxy) is 1. The standard InChI is InChI=1S/C20H34N4O.HI/c1-5-21-20(23(4)15-18-9-7-6-8-10-18)22-13-19-16-24(11-12-25-19)14-17(2)3;/h6-10,17,19H,5,11-16H2,1-4H3,(H,21,22);1H. The van der Waals surface area contributed by atoms with Crippen molar-refractivity contribution in [1.82, 2.24) is 15.1 Å². The highest BCUT2D eigenvalue weighted by Crippen LogP contribution is 2.09. The number of morpholine rings is 1. The van der Waals surface area contributed by atoms with E-state index < -0.39 is 0 Å². The van der Waals surface area contributed by atoms with Crippen LogP contribution in [0.1, 0.15) is 26.3 Å². The van der Waals surface area contributed by atoms with E-state index in [2.05, 4.69) is 67.2 Å². The Labute approximate surface area is 176 Å². The summed E-state index contributed by atoms with van der Waals surface area (Å²) in [5, 5.41) is 3.39. The molecule has 0 amide bonds. The van der Waals surface area contributed by atoms with Crippen molar-refractivity contribution in [1.29, 1.82) is 0 Å². The maximum atomic E-state index is 5.92. The number of hydrogen-bond donors (Lipinski definition) is 1. The molecule has 0 aromatic heterocycles. The molecule has 1 aromatic carbocycles. The highest BCUT2D eigenvalue weighted by atomic mass is 127. The summed E-state index contributed by atoms with van der Waals surface area (Å²) in [6.45, 7) is 13.0. The van der Waals surface area contributed by atoms with Crippen LogP contribution in [0.4, 0.5) is 0 Å². The van der Waals surface area contributed by atoms with Crippen molar-refractivity contribution >= 4 is 29.9 Å². The summed E-state index contributed by atoms with van der Waals surface area (Å²) in [5.41, 5.74) is 1.28. The van der Waals surface area contributed by atoms with E-state index in [9.17, 15) is 0 Å². The Bertz CT molecular complexity index is 524. The van der Waals surface area contributed by atoms with Crippen LogP contribution in [0.25, 0.3) is 0 Å². The number of rotatable bonds is 7. The second-order valence-corrected chi connectivity index (χ2v) is 7.18. The van der Waals surface area contributed by atoms with Gasteiger partial charge in [-0.1, -0.05) is 44.2 Å². The molecule has 1 aliphatic heterocycles. The number of halogens is 1. The van der Waals surface area contributed by atoms with Crippen molar-refractivity contribution in [3.05, 3.63) is 35.9 Å². The van der Waals surface area contributed by atoms with Crippen LogP contribution in [0.2, 0.25) is 0 Å². The highest BCUT2D eigenvalue weighted by molar-refractivity contribution is 14.0. The van der Waals surface area contributed by atoms with Gasteiger partial charge in [-0.05, 0) is 18.4 Å². The lowest BCUT2D eigenvalue weighted by atomic mass is 10.2. The molecule has 26 heavy (non-hydrogen) atoms. The molecule has 0 aliphatic carbocycles. The molecule has 0 spiro atoms. The van der Waals surface area contributed by atoms with Gasteiger partial charge < -0.3 is 15.0 Å². The van der Waals surface area contributed by atoms with Gasteiger partial charge in [0, 0.05) is 39.8 Å². The first-order chi connectivity index (χ1) is 12.1. The van der Waals surface area contributed by atoms with Gasteiger partial charge in [0.25, 0.3) is 0 Å². The second-order valence-electron chi connectivity index (χ2n) is 7.18. The Kier molecular flexibility index (Phi) is 11.2. The monoisotopic (exact) mass is 474 g/mol. The molecule has 6 heteroatoms. The molecule has 1 N–H and O–H groups in total. The van der Waals surface area contributed by atoms with Crippen LogP contribution in [0.15, 0.2) is 35.3 Å². The van der Waals surface area contributed by atoms with E-state index in [1.54, 1.807) is 0 Å². The van der Waals surface area contributed by atoms with Gasteiger partial charge in [-0.25, -0.2) is 0 Å². The maximum Gasteiger partial charge on any atom is 0.194 e. The van der Waals surface area contributed by atoms with E-state index in [4.69, 9.17) is 9.73 Å². The van der Waals surface area contributed by atoms with Crippen molar-refractivity contribution in [2.45, 2.75) is 33.4 Å². The molecule has 148 valence electrons. The van der Waals surface area contributed by atoms with E-state index in [1.165, 1.54) is 5.56 Å². The average molecular weight is 474 g/mol. The Morgan fingerprint density at radius 1 is 1.35 bits per heavy atom. The van der Waals surface area contributed by atoms with Gasteiger partial charge in [0.2, 0.25) is 0 Å². The van der Waals surface area contributed by atoms with E-state index in [-0.39, 0.29) is 30.1 Å². The van der Waals surface area contributed by atoms with Crippen LogP contribution in [-0.4, -0.2) is 68.2 Å². The molecule has 1 aromatic rings. The van der Waals surface area contributed by atoms with Gasteiger partial charge in [0.1, 0.15) is 0 Å². The lowest BCUT2D eigenvalue weighted by molar-refractivity contribution is -0.0262. The molecule has 5 nitrogen and oxygen atoms in total. The molecule has 1 unspecified atom stereocenters. The minimum absolute atomic E-state index is 0. The topological polar surface area (TPSA) is 40.1 Å². The van der Waals surface area contributed by atoms with Crippen molar-refractivity contribution in [2.75, 3.05) is 46.4 Å². The summed E-state index contributed by atoms with van der Waals surface area (Å²) in [7, 11) is 2.08. The normalized spacial score (nSPS) is 18.5. The predicted octanol–water partition coefficient (Wildman–Crippen LogP) is 3.06. The molecule has 0 radical (unpaired) electrons. The largest absolute Gasteiger partial charge is 0.374 e. The van der Waals surface area contributed by atoms with Gasteiger partial charge in [0.15, 0.2) is 5.96 Å². The molecule has 2 rings (SSSR count). The van der Waals surface area contributed by atoms with Crippen LogP contribution in [-0.2, 0) is 11.3 Å². The molecule has 0 bridgehead atoms. The van der Waals surface area contributed by atoms with Gasteiger partial charge in [0.05, 0.1) is 19.3 Å². The highest BCUT2D eigenvalue weighted by Gasteiger charge is 2.21. The zero-order valence-electron chi connectivity index (χ0n) is 16.6. The zero-order valence-corrected chi connectivity index (χ0v) is 19.0. The third-order valence-electron chi connectivity index (χ3n) is 4.25. The number of benzene rings is 1. The lowest BCUT2D eigenvalue weighted by Crippen LogP contribution is -2.46. The van der Waals surface area contributed by atoms with E-state index in [0.29, 0.717) is 12.5 Å². The fourth-order valence-corrected chi connectivity index (χ4v) is 3.16. The third kappa shape index (κ3) is 8.22. The minimum Gasteiger partial charge on any atom is -0.374 e. The number of nitrogens with zero attached hydrogens (tertiary/aromatic N) is 3. The van der Waals surface area contributed by atoms with Crippen LogP contribution in [0.3, 0.4) is 0 Å². The number of aliphatic imine (C=N–C) groups is 1. The summed E-state index contributed by atoms with van der Waals surface area (Å²) in [5.74, 6) is 1.63. The summed E-state index contributed by atoms with van der Waals surface area (Å²) in [6, 6.07) is 10.5. The minimum atomic E-state index is 0. The fraction of sp³-hybridized carbons (Fsp3) is 0.650. The van der Waals surface area contributed by atoms with Crippen LogP contribution >= 0.6 is 24.0 Å². The summed E-state index contributed by atoms with van der Waals surface area (Å²) >= 11 is 0. The van der Waals surface area contributed by atoms with Crippen molar-refractivity contribution in [3.8, 4) is 0 Å². The van der Waals surface area contributed by atoms with Crippen molar-refractivity contribution in [2.24, 2.45) is 10.9 Å². The van der Waals surface area contributed by atoms with E-state index >= 15 is 0 Å². The Morgan fingerprint density at radius 3 is 2.73 bits per heavy atom. The average Bonchev–Trinajstić information content (AvgIpc) is 2.59. The Balaban J connectivity index is 0.00000338. The summed E-state index contributed by atoms with van der Waals surface area (Å²) in [4.78, 5) is 9.50. The van der Waals surface area contributed by atoms with Crippen LogP contribution in [0, 0.1) is 5.92 Å².